The molecule has 2 aliphatic heterocycles. The van der Waals surface area contributed by atoms with E-state index < -0.39 is 41.9 Å². The largest absolute Gasteiger partial charge is 0.478 e. The molecule has 2 aliphatic rings. The van der Waals surface area contributed by atoms with Gasteiger partial charge in [-0.1, -0.05) is 18.2 Å². The van der Waals surface area contributed by atoms with Crippen LogP contribution in [0.1, 0.15) is 17.3 Å². The summed E-state index contributed by atoms with van der Waals surface area (Å²) in [5, 5.41) is 11.9. The number of nitrogens with zero attached hydrogens (tertiary/aromatic N) is 2. The second-order valence-electron chi connectivity index (χ2n) is 5.51. The number of carbonyl (C=O) groups is 4. The highest BCUT2D eigenvalue weighted by Gasteiger charge is 2.60. The van der Waals surface area contributed by atoms with Gasteiger partial charge in [-0.2, -0.15) is 0 Å². The number of rotatable bonds is 3. The summed E-state index contributed by atoms with van der Waals surface area (Å²) >= 11 is 0. The number of carbonyl (C=O) groups excluding carboxylic acids is 3. The van der Waals surface area contributed by atoms with Crippen LogP contribution in [0, 0.1) is 0 Å². The van der Waals surface area contributed by atoms with Gasteiger partial charge in [0.25, 0.3) is 5.91 Å². The van der Waals surface area contributed by atoms with Crippen LogP contribution >= 0.6 is 0 Å². The van der Waals surface area contributed by atoms with E-state index in [4.69, 9.17) is 0 Å². The molecular formula is C15H15N3O5. The average Bonchev–Trinajstić information content (AvgIpc) is 2.89. The Morgan fingerprint density at radius 3 is 2.43 bits per heavy atom. The lowest BCUT2D eigenvalue weighted by atomic mass is 9.96. The predicted octanol–water partition coefficient (Wildman–Crippen LogP) is -0.731. The molecule has 3 amide bonds. The summed E-state index contributed by atoms with van der Waals surface area (Å²) in [6.45, 7) is 1.35. The molecule has 2 fully saturated rings. The molecule has 2 heterocycles. The Bertz CT molecular complexity index is 690. The van der Waals surface area contributed by atoms with Gasteiger partial charge in [0.15, 0.2) is 0 Å². The third kappa shape index (κ3) is 2.32. The van der Waals surface area contributed by atoms with Crippen molar-refractivity contribution >= 4 is 23.7 Å². The molecular weight excluding hydrogens is 302 g/mol. The fourth-order valence-corrected chi connectivity index (χ4v) is 3.04. The molecule has 120 valence electrons. The lowest BCUT2D eigenvalue weighted by Crippen LogP contribution is -2.71. The van der Waals surface area contributed by atoms with Crippen molar-refractivity contribution in [1.29, 1.82) is 0 Å². The van der Waals surface area contributed by atoms with Crippen LogP contribution in [-0.2, 0) is 14.4 Å². The third-order valence-electron chi connectivity index (χ3n) is 4.15. The summed E-state index contributed by atoms with van der Waals surface area (Å²) in [4.78, 5) is 49.5. The Morgan fingerprint density at radius 2 is 1.87 bits per heavy atom. The number of benzene rings is 1. The lowest BCUT2D eigenvalue weighted by molar-refractivity contribution is -0.164. The Morgan fingerprint density at radius 1 is 1.22 bits per heavy atom. The standard InChI is InChI=1S/C15H15N3O5/c1-8(19)17-7-10-11(14(21)18(10)13(17)15(22)23)16-12(20)9-5-3-2-4-6-9/h2-6,10-11,13H,7H2,1H3,(H,16,20)(H,22,23). The SMILES string of the molecule is CC(=O)N1CC2C(NC(=O)c3ccccc3)C(=O)N2C1C(=O)O. The van der Waals surface area contributed by atoms with E-state index in [2.05, 4.69) is 5.32 Å². The smallest absolute Gasteiger partial charge is 0.347 e. The molecule has 0 aliphatic carbocycles. The minimum Gasteiger partial charge on any atom is -0.478 e. The number of carboxylic acids is 1. The van der Waals surface area contributed by atoms with Gasteiger partial charge < -0.3 is 20.2 Å². The molecule has 23 heavy (non-hydrogen) atoms. The number of β-lactam (4-membered cyclic amide) rings is 1. The number of fused-ring (bicyclic) bond motifs is 1. The van der Waals surface area contributed by atoms with Crippen molar-refractivity contribution < 1.29 is 24.3 Å². The maximum absolute atomic E-state index is 12.2. The van der Waals surface area contributed by atoms with Gasteiger partial charge in [0.2, 0.25) is 18.0 Å². The average molecular weight is 317 g/mol. The monoisotopic (exact) mass is 317 g/mol. The zero-order valence-corrected chi connectivity index (χ0v) is 12.3. The van der Waals surface area contributed by atoms with Crippen LogP contribution in [0.4, 0.5) is 0 Å². The second-order valence-corrected chi connectivity index (χ2v) is 5.51. The van der Waals surface area contributed by atoms with Crippen LogP contribution in [0.15, 0.2) is 30.3 Å². The summed E-state index contributed by atoms with van der Waals surface area (Å²) in [7, 11) is 0. The van der Waals surface area contributed by atoms with Crippen molar-refractivity contribution in [3.05, 3.63) is 35.9 Å². The van der Waals surface area contributed by atoms with Crippen molar-refractivity contribution in [2.24, 2.45) is 0 Å². The van der Waals surface area contributed by atoms with Crippen LogP contribution in [0.5, 0.6) is 0 Å². The zero-order chi connectivity index (χ0) is 16.7. The number of nitrogens with one attached hydrogen (secondary N) is 1. The lowest BCUT2D eigenvalue weighted by Gasteiger charge is -2.43. The van der Waals surface area contributed by atoms with Gasteiger partial charge in [-0.05, 0) is 12.1 Å². The first kappa shape index (κ1) is 15.0. The minimum absolute atomic E-state index is 0.0950. The highest BCUT2D eigenvalue weighted by Crippen LogP contribution is 2.32. The first-order valence-corrected chi connectivity index (χ1v) is 7.10. The number of aliphatic carboxylic acids is 1. The van der Waals surface area contributed by atoms with E-state index in [9.17, 15) is 24.3 Å². The van der Waals surface area contributed by atoms with E-state index in [-0.39, 0.29) is 6.54 Å². The fraction of sp³-hybridized carbons (Fsp3) is 0.333. The summed E-state index contributed by atoms with van der Waals surface area (Å²) in [6, 6.07) is 7.09. The summed E-state index contributed by atoms with van der Waals surface area (Å²) in [5.74, 6) is -2.58. The van der Waals surface area contributed by atoms with Gasteiger partial charge in [-0.25, -0.2) is 4.79 Å². The molecule has 0 aromatic heterocycles. The predicted molar refractivity (Wildman–Crippen MR) is 77.1 cm³/mol. The van der Waals surface area contributed by atoms with Crippen molar-refractivity contribution in [1.82, 2.24) is 15.1 Å². The minimum atomic E-state index is -1.30. The van der Waals surface area contributed by atoms with E-state index in [1.807, 2.05) is 0 Å². The topological polar surface area (TPSA) is 107 Å². The molecule has 3 atom stereocenters. The van der Waals surface area contributed by atoms with E-state index in [0.29, 0.717) is 5.56 Å². The first-order chi connectivity index (χ1) is 10.9. The van der Waals surface area contributed by atoms with E-state index >= 15 is 0 Å². The molecule has 3 unspecified atom stereocenters. The molecule has 2 saturated heterocycles. The maximum atomic E-state index is 12.2. The highest BCUT2D eigenvalue weighted by atomic mass is 16.4. The molecule has 0 bridgehead atoms. The number of hydrogen-bond acceptors (Lipinski definition) is 4. The zero-order valence-electron chi connectivity index (χ0n) is 12.3. The van der Waals surface area contributed by atoms with Gasteiger partial charge in [0.1, 0.15) is 6.04 Å². The number of hydrogen-bond donors (Lipinski definition) is 2. The summed E-state index contributed by atoms with van der Waals surface area (Å²) < 4.78 is 0. The van der Waals surface area contributed by atoms with E-state index in [1.54, 1.807) is 30.3 Å². The molecule has 0 saturated carbocycles. The van der Waals surface area contributed by atoms with Gasteiger partial charge in [-0.3, -0.25) is 14.4 Å². The van der Waals surface area contributed by atoms with Gasteiger partial charge in [-0.15, -0.1) is 0 Å². The van der Waals surface area contributed by atoms with E-state index in [0.717, 1.165) is 9.80 Å². The maximum Gasteiger partial charge on any atom is 0.347 e. The molecule has 0 spiro atoms. The van der Waals surface area contributed by atoms with Crippen molar-refractivity contribution in [2.75, 3.05) is 6.54 Å². The Kier molecular flexibility index (Phi) is 3.51. The van der Waals surface area contributed by atoms with Crippen LogP contribution < -0.4 is 5.32 Å². The molecule has 2 N–H and O–H groups in total. The summed E-state index contributed by atoms with van der Waals surface area (Å²) in [5.41, 5.74) is 0.412. The molecule has 8 heteroatoms. The van der Waals surface area contributed by atoms with Crippen LogP contribution in [0.2, 0.25) is 0 Å². The molecule has 1 aromatic carbocycles. The first-order valence-electron chi connectivity index (χ1n) is 7.10. The van der Waals surface area contributed by atoms with Crippen molar-refractivity contribution in [2.45, 2.75) is 25.2 Å². The highest BCUT2D eigenvalue weighted by molar-refractivity contribution is 6.02. The van der Waals surface area contributed by atoms with Gasteiger partial charge >= 0.3 is 5.97 Å². The molecule has 1 aromatic rings. The molecule has 8 nitrogen and oxygen atoms in total. The normalized spacial score (nSPS) is 25.6. The Labute approximate surface area is 131 Å². The third-order valence-corrected chi connectivity index (χ3v) is 4.15. The van der Waals surface area contributed by atoms with Crippen molar-refractivity contribution in [3.8, 4) is 0 Å². The quantitative estimate of drug-likeness (QED) is 0.715. The summed E-state index contributed by atoms with van der Waals surface area (Å²) in [6.07, 6.45) is -1.30. The van der Waals surface area contributed by atoms with Crippen LogP contribution in [0.3, 0.4) is 0 Å². The Balaban J connectivity index is 1.76. The number of amides is 3. The second kappa shape index (κ2) is 5.38. The fourth-order valence-electron chi connectivity index (χ4n) is 3.04. The number of carboxylic acid groups (broad SMARTS) is 1. The van der Waals surface area contributed by atoms with Crippen LogP contribution in [-0.4, -0.2) is 63.4 Å². The van der Waals surface area contributed by atoms with E-state index in [1.165, 1.54) is 6.92 Å². The Hall–Kier alpha value is -2.90. The van der Waals surface area contributed by atoms with Crippen LogP contribution in [0.25, 0.3) is 0 Å². The van der Waals surface area contributed by atoms with Gasteiger partial charge in [0.05, 0.1) is 6.04 Å². The van der Waals surface area contributed by atoms with Crippen molar-refractivity contribution in [3.63, 3.8) is 0 Å². The molecule has 3 rings (SSSR count). The van der Waals surface area contributed by atoms with Gasteiger partial charge in [0, 0.05) is 19.0 Å². The molecule has 0 radical (unpaired) electrons.